The van der Waals surface area contributed by atoms with Gasteiger partial charge >= 0.3 is 11.9 Å². The quantitative estimate of drug-likeness (QED) is 0.109. The van der Waals surface area contributed by atoms with Crippen molar-refractivity contribution in [3.63, 3.8) is 0 Å². The fraction of sp³-hybridized carbons (Fsp3) is 0.219. The number of aliphatic carboxylic acids is 2. The van der Waals surface area contributed by atoms with Crippen molar-refractivity contribution in [2.75, 3.05) is 38.5 Å². The van der Waals surface area contributed by atoms with Gasteiger partial charge in [-0.3, -0.25) is 24.3 Å². The molecule has 0 spiro atoms. The zero-order chi connectivity index (χ0) is 34.1. The summed E-state index contributed by atoms with van der Waals surface area (Å²) >= 11 is 0. The number of pyridine rings is 1. The van der Waals surface area contributed by atoms with E-state index in [0.29, 0.717) is 46.2 Å². The maximum atomic E-state index is 14.1. The highest BCUT2D eigenvalue weighted by Gasteiger charge is 2.14. The number of halogens is 1. The molecule has 2 aromatic heterocycles. The van der Waals surface area contributed by atoms with Crippen LogP contribution in [0.5, 0.6) is 11.5 Å². The van der Waals surface area contributed by atoms with Gasteiger partial charge in [0.1, 0.15) is 24.1 Å². The number of benzene rings is 2. The van der Waals surface area contributed by atoms with Gasteiger partial charge in [-0.15, -0.1) is 0 Å². The van der Waals surface area contributed by atoms with Crippen LogP contribution in [0.25, 0.3) is 11.4 Å². The molecule has 0 saturated heterocycles. The van der Waals surface area contributed by atoms with Gasteiger partial charge in [-0.25, -0.2) is 4.39 Å². The maximum absolute atomic E-state index is 14.1. The second-order valence-corrected chi connectivity index (χ2v) is 9.52. The molecule has 2 heterocycles. The third-order valence-corrected chi connectivity index (χ3v) is 6.10. The molecule has 2 aromatic carbocycles. The minimum Gasteiger partial charge on any atom is -0.480 e. The number of carbonyl (C=O) groups is 4. The fourth-order valence-corrected chi connectivity index (χ4v) is 4.13. The molecule has 1 amide bonds. The average Bonchev–Trinajstić information content (AvgIpc) is 3.54. The number of hydrogen-bond donors (Lipinski definition) is 6. The van der Waals surface area contributed by atoms with E-state index in [-0.39, 0.29) is 24.8 Å². The third-order valence-electron chi connectivity index (χ3n) is 6.10. The summed E-state index contributed by atoms with van der Waals surface area (Å²) in [4.78, 5) is 51.0. The maximum Gasteiger partial charge on any atom is 0.317 e. The SMILES string of the molecule is C=O.CN.Cc1ccc(F)c(Nc2ccc(Oc3ccnc(-c4cc(C(=O)NCCCN(CC(=O)O)CC(=O)O)c[nH]4)c3)cc2)c1. The molecule has 244 valence electrons. The minimum absolute atomic E-state index is 0.207. The van der Waals surface area contributed by atoms with Gasteiger partial charge in [0, 0.05) is 37.2 Å². The summed E-state index contributed by atoms with van der Waals surface area (Å²) in [6.07, 6.45) is 3.51. The number of ether oxygens (including phenoxy) is 1. The molecular formula is C32H37FN6O7. The number of carbonyl (C=O) groups excluding carboxylic acids is 2. The average molecular weight is 637 g/mol. The van der Waals surface area contributed by atoms with Crippen molar-refractivity contribution >= 4 is 36.0 Å². The van der Waals surface area contributed by atoms with Crippen LogP contribution in [0, 0.1) is 12.7 Å². The molecule has 0 aliphatic heterocycles. The van der Waals surface area contributed by atoms with Crippen LogP contribution in [-0.2, 0) is 14.4 Å². The molecule has 7 N–H and O–H groups in total. The Morgan fingerprint density at radius 2 is 1.65 bits per heavy atom. The highest BCUT2D eigenvalue weighted by molar-refractivity contribution is 5.95. The van der Waals surface area contributed by atoms with Crippen molar-refractivity contribution in [2.45, 2.75) is 13.3 Å². The first-order valence-corrected chi connectivity index (χ1v) is 13.9. The number of H-pyrrole nitrogens is 1. The third kappa shape index (κ3) is 11.8. The Kier molecular flexibility index (Phi) is 15.1. The Morgan fingerprint density at radius 3 is 2.30 bits per heavy atom. The van der Waals surface area contributed by atoms with Crippen molar-refractivity contribution in [2.24, 2.45) is 5.73 Å². The highest BCUT2D eigenvalue weighted by atomic mass is 19.1. The molecule has 4 aromatic rings. The van der Waals surface area contributed by atoms with Gasteiger partial charge in [0.2, 0.25) is 0 Å². The summed E-state index contributed by atoms with van der Waals surface area (Å²) in [6.45, 7) is 3.55. The second kappa shape index (κ2) is 18.9. The van der Waals surface area contributed by atoms with Crippen LogP contribution >= 0.6 is 0 Å². The number of anilines is 2. The Morgan fingerprint density at radius 1 is 0.978 bits per heavy atom. The fourth-order valence-electron chi connectivity index (χ4n) is 4.13. The van der Waals surface area contributed by atoms with Crippen LogP contribution in [0.1, 0.15) is 22.3 Å². The van der Waals surface area contributed by atoms with Gasteiger partial charge in [0.15, 0.2) is 0 Å². The highest BCUT2D eigenvalue weighted by Crippen LogP contribution is 2.28. The largest absolute Gasteiger partial charge is 0.480 e. The summed E-state index contributed by atoms with van der Waals surface area (Å²) < 4.78 is 20.0. The van der Waals surface area contributed by atoms with E-state index in [4.69, 9.17) is 19.7 Å². The number of aromatic amines is 1. The molecule has 0 saturated carbocycles. The molecule has 0 unspecified atom stereocenters. The van der Waals surface area contributed by atoms with Crippen molar-refractivity contribution < 1.29 is 38.5 Å². The second-order valence-electron chi connectivity index (χ2n) is 9.52. The van der Waals surface area contributed by atoms with Crippen LogP contribution in [0.2, 0.25) is 0 Å². The van der Waals surface area contributed by atoms with E-state index >= 15 is 0 Å². The molecule has 0 aliphatic carbocycles. The molecule has 14 heteroatoms. The lowest BCUT2D eigenvalue weighted by Gasteiger charge is -2.17. The topological polar surface area (TPSA) is 200 Å². The van der Waals surface area contributed by atoms with Gasteiger partial charge in [0.05, 0.1) is 35.7 Å². The zero-order valence-corrected chi connectivity index (χ0v) is 25.5. The van der Waals surface area contributed by atoms with Gasteiger partial charge in [-0.2, -0.15) is 0 Å². The Bertz CT molecular complexity index is 1560. The van der Waals surface area contributed by atoms with Crippen molar-refractivity contribution in [3.8, 4) is 22.9 Å². The first kappa shape index (κ1) is 36.6. The molecule has 0 fully saturated rings. The molecule has 4 rings (SSSR count). The monoisotopic (exact) mass is 636 g/mol. The molecule has 0 aliphatic rings. The van der Waals surface area contributed by atoms with Crippen LogP contribution < -0.4 is 21.1 Å². The van der Waals surface area contributed by atoms with Crippen molar-refractivity contribution in [1.82, 2.24) is 20.2 Å². The van der Waals surface area contributed by atoms with Crippen molar-refractivity contribution in [3.05, 3.63) is 90.0 Å². The minimum atomic E-state index is -1.12. The number of aromatic nitrogens is 2. The Balaban J connectivity index is 0.00000177. The lowest BCUT2D eigenvalue weighted by atomic mass is 10.2. The number of nitrogens with two attached hydrogens (primary N) is 1. The van der Waals surface area contributed by atoms with E-state index in [1.807, 2.05) is 13.7 Å². The van der Waals surface area contributed by atoms with Crippen LogP contribution in [0.15, 0.2) is 73.1 Å². The van der Waals surface area contributed by atoms with Gasteiger partial charge in [-0.1, -0.05) is 6.07 Å². The first-order valence-electron chi connectivity index (χ1n) is 13.9. The van der Waals surface area contributed by atoms with Crippen LogP contribution in [0.4, 0.5) is 15.8 Å². The molecule has 46 heavy (non-hydrogen) atoms. The van der Waals surface area contributed by atoms with E-state index in [9.17, 15) is 18.8 Å². The Labute approximate surface area is 265 Å². The van der Waals surface area contributed by atoms with Crippen LogP contribution in [0.3, 0.4) is 0 Å². The molecule has 0 atom stereocenters. The van der Waals surface area contributed by atoms with E-state index in [0.717, 1.165) is 5.56 Å². The molecule has 0 bridgehead atoms. The first-order chi connectivity index (χ1) is 22.2. The predicted octanol–water partition coefficient (Wildman–Crippen LogP) is 4.04. The number of nitrogens with zero attached hydrogens (tertiary/aromatic N) is 2. The van der Waals surface area contributed by atoms with E-state index in [1.165, 1.54) is 18.0 Å². The summed E-state index contributed by atoms with van der Waals surface area (Å²) in [5.74, 6) is -1.83. The lowest BCUT2D eigenvalue weighted by Crippen LogP contribution is -2.36. The summed E-state index contributed by atoms with van der Waals surface area (Å²) in [5.41, 5.74) is 8.06. The van der Waals surface area contributed by atoms with Gasteiger partial charge < -0.3 is 41.1 Å². The molecule has 13 nitrogen and oxygen atoms in total. The van der Waals surface area contributed by atoms with E-state index in [2.05, 4.69) is 26.3 Å². The number of carboxylic acid groups (broad SMARTS) is 2. The standard InChI is InChI=1S/C30H30FN5O6.CH5N.CH2O/c1-19-3-8-24(31)25(13-19)35-21-4-6-22(7-5-21)42-23-9-11-32-27(15-23)26-14-20(16-34-26)30(41)33-10-2-12-36(17-28(37)38)18-29(39)40;2*1-2/h3-9,11,13-16,34-35H,2,10,12,17-18H2,1H3,(H,33,41)(H,37,38)(H,39,40);2H2,1H3;1H2. The van der Waals surface area contributed by atoms with Crippen molar-refractivity contribution in [1.29, 1.82) is 0 Å². The molecular weight excluding hydrogens is 599 g/mol. The number of hydrogen-bond acceptors (Lipinski definition) is 9. The van der Waals surface area contributed by atoms with E-state index in [1.54, 1.807) is 67.0 Å². The van der Waals surface area contributed by atoms with Gasteiger partial charge in [-0.05, 0) is 74.5 Å². The zero-order valence-electron chi connectivity index (χ0n) is 25.5. The summed E-state index contributed by atoms with van der Waals surface area (Å²) in [6, 6.07) is 17.0. The molecule has 0 radical (unpaired) electrons. The number of carboxylic acids is 2. The summed E-state index contributed by atoms with van der Waals surface area (Å²) in [5, 5.41) is 23.6. The Hall–Kier alpha value is -5.60. The number of aryl methyl sites for hydroxylation is 1. The lowest BCUT2D eigenvalue weighted by molar-refractivity contribution is -0.141. The normalized spacial score (nSPS) is 10.1. The van der Waals surface area contributed by atoms with Crippen LogP contribution in [-0.4, -0.2) is 82.9 Å². The smallest absolute Gasteiger partial charge is 0.317 e. The van der Waals surface area contributed by atoms with E-state index < -0.39 is 25.0 Å². The number of amides is 1. The van der Waals surface area contributed by atoms with Gasteiger partial charge in [0.25, 0.3) is 5.91 Å². The number of rotatable bonds is 14. The number of nitrogens with one attached hydrogen (secondary N) is 3. The summed E-state index contributed by atoms with van der Waals surface area (Å²) in [7, 11) is 1.50. The predicted molar refractivity (Wildman–Crippen MR) is 171 cm³/mol.